The maximum absolute atomic E-state index is 10.2. The van der Waals surface area contributed by atoms with E-state index in [4.69, 9.17) is 4.74 Å². The topological polar surface area (TPSA) is 73.1 Å². The molecule has 2 aromatic carbocycles. The Morgan fingerprint density at radius 3 is 2.64 bits per heavy atom. The van der Waals surface area contributed by atoms with Gasteiger partial charge in [-0.2, -0.15) is 4.68 Å². The van der Waals surface area contributed by atoms with Gasteiger partial charge in [0.25, 0.3) is 0 Å². The molecule has 0 bridgehead atoms. The van der Waals surface area contributed by atoms with Crippen molar-refractivity contribution >= 4 is 11.8 Å². The van der Waals surface area contributed by atoms with Crippen molar-refractivity contribution in [3.8, 4) is 11.4 Å². The zero-order chi connectivity index (χ0) is 17.6. The number of rotatable bonds is 7. The largest absolute Gasteiger partial charge is 0.491 e. The Kier molecular flexibility index (Phi) is 5.67. The van der Waals surface area contributed by atoms with Gasteiger partial charge < -0.3 is 9.84 Å². The highest BCUT2D eigenvalue weighted by Gasteiger charge is 2.13. The van der Waals surface area contributed by atoms with Gasteiger partial charge in [0.1, 0.15) is 12.4 Å². The van der Waals surface area contributed by atoms with Crippen LogP contribution in [0.5, 0.6) is 5.75 Å². The molecule has 0 radical (unpaired) electrons. The number of aromatic nitrogens is 4. The van der Waals surface area contributed by atoms with E-state index >= 15 is 0 Å². The first-order chi connectivity index (χ1) is 12.1. The van der Waals surface area contributed by atoms with Crippen molar-refractivity contribution in [1.82, 2.24) is 20.2 Å². The number of ether oxygens (including phenoxy) is 1. The summed E-state index contributed by atoms with van der Waals surface area (Å²) >= 11 is 1.40. The molecule has 0 aliphatic rings. The van der Waals surface area contributed by atoms with E-state index in [0.29, 0.717) is 10.9 Å². The average molecular weight is 356 g/mol. The molecule has 0 fully saturated rings. The minimum atomic E-state index is -0.618. The van der Waals surface area contributed by atoms with Gasteiger partial charge in [0, 0.05) is 5.75 Å². The second kappa shape index (κ2) is 8.13. The molecule has 0 saturated carbocycles. The van der Waals surface area contributed by atoms with E-state index in [2.05, 4.69) is 15.5 Å². The molecule has 0 amide bonds. The van der Waals surface area contributed by atoms with Crippen molar-refractivity contribution in [3.63, 3.8) is 0 Å². The smallest absolute Gasteiger partial charge is 0.214 e. The minimum absolute atomic E-state index is 0.226. The Balaban J connectivity index is 1.56. The summed E-state index contributed by atoms with van der Waals surface area (Å²) in [5, 5.41) is 22.6. The lowest BCUT2D eigenvalue weighted by Gasteiger charge is -2.13. The Morgan fingerprint density at radius 1 is 1.12 bits per heavy atom. The van der Waals surface area contributed by atoms with Crippen LogP contribution in [0.4, 0.5) is 0 Å². The van der Waals surface area contributed by atoms with Crippen molar-refractivity contribution in [2.24, 2.45) is 0 Å². The molecular formula is C18H20N4O2S. The van der Waals surface area contributed by atoms with Gasteiger partial charge in [0.2, 0.25) is 5.16 Å². The van der Waals surface area contributed by atoms with Crippen molar-refractivity contribution in [3.05, 3.63) is 59.7 Å². The Morgan fingerprint density at radius 2 is 1.88 bits per heavy atom. The highest BCUT2D eigenvalue weighted by molar-refractivity contribution is 7.99. The number of tetrazole rings is 1. The fourth-order valence-corrected chi connectivity index (χ4v) is 3.04. The third kappa shape index (κ3) is 4.58. The second-order valence-corrected chi connectivity index (χ2v) is 6.74. The predicted octanol–water partition coefficient (Wildman–Crippen LogP) is 2.81. The first-order valence-electron chi connectivity index (χ1n) is 7.98. The zero-order valence-electron chi connectivity index (χ0n) is 14.2. The van der Waals surface area contributed by atoms with E-state index in [0.717, 1.165) is 17.0 Å². The van der Waals surface area contributed by atoms with Gasteiger partial charge >= 0.3 is 0 Å². The van der Waals surface area contributed by atoms with Crippen molar-refractivity contribution in [2.75, 3.05) is 12.4 Å². The van der Waals surface area contributed by atoms with Gasteiger partial charge in [-0.3, -0.25) is 0 Å². The number of thioether (sulfide) groups is 1. The number of hydrogen-bond acceptors (Lipinski definition) is 6. The average Bonchev–Trinajstić information content (AvgIpc) is 3.08. The number of benzene rings is 2. The Hall–Kier alpha value is -2.38. The summed E-state index contributed by atoms with van der Waals surface area (Å²) in [5.41, 5.74) is 3.12. The maximum atomic E-state index is 10.2. The van der Waals surface area contributed by atoms with Crippen LogP contribution in [-0.4, -0.2) is 43.8 Å². The van der Waals surface area contributed by atoms with Gasteiger partial charge in [-0.05, 0) is 48.0 Å². The van der Waals surface area contributed by atoms with Gasteiger partial charge in [0.15, 0.2) is 0 Å². The van der Waals surface area contributed by atoms with Gasteiger partial charge in [-0.15, -0.1) is 5.10 Å². The molecule has 1 N–H and O–H groups in total. The number of aliphatic hydroxyl groups excluding tert-OH is 1. The van der Waals surface area contributed by atoms with Crippen LogP contribution in [0.15, 0.2) is 53.7 Å². The van der Waals surface area contributed by atoms with Crippen LogP contribution < -0.4 is 4.74 Å². The highest BCUT2D eigenvalue weighted by Crippen LogP contribution is 2.20. The van der Waals surface area contributed by atoms with Crippen LogP contribution in [0.25, 0.3) is 5.69 Å². The highest BCUT2D eigenvalue weighted by atomic mass is 32.2. The van der Waals surface area contributed by atoms with E-state index in [9.17, 15) is 5.11 Å². The molecule has 25 heavy (non-hydrogen) atoms. The molecule has 1 atom stereocenters. The molecule has 0 aliphatic heterocycles. The van der Waals surface area contributed by atoms with Crippen LogP contribution in [-0.2, 0) is 0 Å². The number of nitrogens with zero attached hydrogens (tertiary/aromatic N) is 4. The van der Waals surface area contributed by atoms with Crippen LogP contribution >= 0.6 is 11.8 Å². The first kappa shape index (κ1) is 17.4. The monoisotopic (exact) mass is 356 g/mol. The SMILES string of the molecule is Cc1ccc(-n2nnnc2SC[C@@H](O)COc2ccccc2C)cc1. The first-order valence-corrected chi connectivity index (χ1v) is 8.97. The molecule has 3 rings (SSSR count). The summed E-state index contributed by atoms with van der Waals surface area (Å²) in [5.74, 6) is 1.23. The summed E-state index contributed by atoms with van der Waals surface area (Å²) in [6, 6.07) is 15.7. The molecule has 1 heterocycles. The molecule has 1 aromatic heterocycles. The van der Waals surface area contributed by atoms with Crippen molar-refractivity contribution in [1.29, 1.82) is 0 Å². The van der Waals surface area contributed by atoms with Gasteiger partial charge in [0.05, 0.1) is 11.8 Å². The van der Waals surface area contributed by atoms with E-state index in [1.165, 1.54) is 17.3 Å². The molecule has 6 nitrogen and oxygen atoms in total. The van der Waals surface area contributed by atoms with E-state index in [-0.39, 0.29) is 6.61 Å². The summed E-state index contributed by atoms with van der Waals surface area (Å²) in [7, 11) is 0. The van der Waals surface area contributed by atoms with E-state index in [1.54, 1.807) is 4.68 Å². The number of aryl methyl sites for hydroxylation is 2. The molecule has 7 heteroatoms. The van der Waals surface area contributed by atoms with Crippen LogP contribution in [0.3, 0.4) is 0 Å². The maximum Gasteiger partial charge on any atom is 0.214 e. The fraction of sp³-hybridized carbons (Fsp3) is 0.278. The summed E-state index contributed by atoms with van der Waals surface area (Å²) in [6.07, 6.45) is -0.618. The van der Waals surface area contributed by atoms with E-state index in [1.807, 2.05) is 62.4 Å². The van der Waals surface area contributed by atoms with Gasteiger partial charge in [-0.1, -0.05) is 47.7 Å². The molecule has 0 aliphatic carbocycles. The number of aliphatic hydroxyl groups is 1. The molecular weight excluding hydrogens is 336 g/mol. The Labute approximate surface area is 150 Å². The van der Waals surface area contributed by atoms with Crippen molar-refractivity contribution in [2.45, 2.75) is 25.1 Å². The molecule has 0 unspecified atom stereocenters. The number of hydrogen-bond donors (Lipinski definition) is 1. The molecule has 0 saturated heterocycles. The van der Waals surface area contributed by atoms with E-state index < -0.39 is 6.10 Å². The second-order valence-electron chi connectivity index (χ2n) is 5.75. The summed E-state index contributed by atoms with van der Waals surface area (Å²) < 4.78 is 7.34. The Bertz CT molecular complexity index is 820. The van der Waals surface area contributed by atoms with Gasteiger partial charge in [-0.25, -0.2) is 0 Å². The summed E-state index contributed by atoms with van der Waals surface area (Å²) in [6.45, 7) is 4.24. The third-order valence-corrected chi connectivity index (χ3v) is 4.71. The molecule has 130 valence electrons. The normalized spacial score (nSPS) is 12.1. The van der Waals surface area contributed by atoms with Crippen molar-refractivity contribution < 1.29 is 9.84 Å². The zero-order valence-corrected chi connectivity index (χ0v) is 15.0. The lowest BCUT2D eigenvalue weighted by molar-refractivity contribution is 0.126. The predicted molar refractivity (Wildman–Crippen MR) is 97.3 cm³/mol. The standard InChI is InChI=1S/C18H20N4O2S/c1-13-7-9-15(10-8-13)22-18(19-20-21-22)25-12-16(23)11-24-17-6-4-3-5-14(17)2/h3-10,16,23H,11-12H2,1-2H3/t16-/m0/s1. The molecule has 3 aromatic rings. The quantitative estimate of drug-likeness (QED) is 0.656. The molecule has 0 spiro atoms. The van der Waals surface area contributed by atoms with Crippen LogP contribution in [0, 0.1) is 13.8 Å². The van der Waals surface area contributed by atoms with Crippen LogP contribution in [0.2, 0.25) is 0 Å². The number of para-hydroxylation sites is 1. The third-order valence-electron chi connectivity index (χ3n) is 3.65. The minimum Gasteiger partial charge on any atom is -0.491 e. The fourth-order valence-electron chi connectivity index (χ4n) is 2.24. The lowest BCUT2D eigenvalue weighted by Crippen LogP contribution is -2.20. The summed E-state index contributed by atoms with van der Waals surface area (Å²) in [4.78, 5) is 0. The van der Waals surface area contributed by atoms with Crippen LogP contribution in [0.1, 0.15) is 11.1 Å². The lowest BCUT2D eigenvalue weighted by atomic mass is 10.2.